The van der Waals surface area contributed by atoms with E-state index in [1.54, 1.807) is 0 Å². The maximum Gasteiger partial charge on any atom is 0.0707 e. The molecule has 0 saturated carbocycles. The average Bonchev–Trinajstić information content (AvgIpc) is 2.32. The molecular weight excluding hydrogens is 272 g/mol. The van der Waals surface area contributed by atoms with Crippen LogP contribution in [0.4, 0.5) is 0 Å². The Labute approximate surface area is 130 Å². The van der Waals surface area contributed by atoms with Crippen LogP contribution < -0.4 is 0 Å². The van der Waals surface area contributed by atoms with E-state index in [-0.39, 0.29) is 11.2 Å². The zero-order valence-electron chi connectivity index (χ0n) is 14.7. The number of ether oxygens (including phenoxy) is 5. The molecule has 5 nitrogen and oxygen atoms in total. The first-order valence-electron chi connectivity index (χ1n) is 7.72. The van der Waals surface area contributed by atoms with E-state index in [4.69, 9.17) is 23.7 Å². The number of rotatable bonds is 12. The molecule has 0 aromatic carbocycles. The van der Waals surface area contributed by atoms with Gasteiger partial charge in [0.05, 0.1) is 64.1 Å². The largest absolute Gasteiger partial charge is 0.377 e. The quantitative estimate of drug-likeness (QED) is 0.519. The third-order valence-electron chi connectivity index (χ3n) is 2.27. The van der Waals surface area contributed by atoms with Crippen molar-refractivity contribution in [3.05, 3.63) is 0 Å². The molecular formula is C16H34O5. The van der Waals surface area contributed by atoms with E-state index < -0.39 is 0 Å². The molecule has 0 unspecified atom stereocenters. The molecule has 0 aromatic rings. The van der Waals surface area contributed by atoms with Gasteiger partial charge in [-0.1, -0.05) is 0 Å². The summed E-state index contributed by atoms with van der Waals surface area (Å²) >= 11 is 0. The SMILES string of the molecule is CC(C)(C)OCCOCCOCCOCCOC(C)(C)C. The molecule has 0 fully saturated rings. The maximum absolute atomic E-state index is 5.54. The van der Waals surface area contributed by atoms with E-state index >= 15 is 0 Å². The highest BCUT2D eigenvalue weighted by atomic mass is 16.6. The van der Waals surface area contributed by atoms with Crippen LogP contribution in [0.25, 0.3) is 0 Å². The van der Waals surface area contributed by atoms with Crippen LogP contribution in [0.3, 0.4) is 0 Å². The van der Waals surface area contributed by atoms with Gasteiger partial charge in [-0.15, -0.1) is 0 Å². The fourth-order valence-corrected chi connectivity index (χ4v) is 1.36. The van der Waals surface area contributed by atoms with Crippen molar-refractivity contribution in [1.82, 2.24) is 0 Å². The average molecular weight is 306 g/mol. The Morgan fingerprint density at radius 2 is 0.667 bits per heavy atom. The van der Waals surface area contributed by atoms with Gasteiger partial charge in [0.1, 0.15) is 0 Å². The smallest absolute Gasteiger partial charge is 0.0707 e. The zero-order valence-corrected chi connectivity index (χ0v) is 14.7. The van der Waals surface area contributed by atoms with Crippen LogP contribution >= 0.6 is 0 Å². The molecule has 0 aromatic heterocycles. The van der Waals surface area contributed by atoms with Crippen LogP contribution in [0.2, 0.25) is 0 Å². The normalized spacial score (nSPS) is 12.9. The summed E-state index contributed by atoms with van der Waals surface area (Å²) in [6.45, 7) is 16.9. The summed E-state index contributed by atoms with van der Waals surface area (Å²) in [5.41, 5.74) is -0.207. The summed E-state index contributed by atoms with van der Waals surface area (Å²) < 4.78 is 27.3. The van der Waals surface area contributed by atoms with Crippen molar-refractivity contribution in [2.24, 2.45) is 0 Å². The van der Waals surface area contributed by atoms with Crippen molar-refractivity contribution >= 4 is 0 Å². The maximum atomic E-state index is 5.54. The zero-order chi connectivity index (χ0) is 16.2. The lowest BCUT2D eigenvalue weighted by Crippen LogP contribution is -2.22. The van der Waals surface area contributed by atoms with Crippen LogP contribution in [-0.4, -0.2) is 64.1 Å². The summed E-state index contributed by atoms with van der Waals surface area (Å²) in [6, 6.07) is 0. The van der Waals surface area contributed by atoms with Crippen LogP contribution in [0.5, 0.6) is 0 Å². The molecule has 128 valence electrons. The van der Waals surface area contributed by atoms with Gasteiger partial charge in [-0.2, -0.15) is 0 Å². The Balaban J connectivity index is 3.10. The highest BCUT2D eigenvalue weighted by Gasteiger charge is 2.09. The van der Waals surface area contributed by atoms with Gasteiger partial charge in [0.25, 0.3) is 0 Å². The first-order valence-corrected chi connectivity index (χ1v) is 7.72. The molecule has 0 heterocycles. The highest BCUT2D eigenvalue weighted by Crippen LogP contribution is 2.06. The van der Waals surface area contributed by atoms with E-state index in [2.05, 4.69) is 0 Å². The Hall–Kier alpha value is -0.200. The van der Waals surface area contributed by atoms with Crippen molar-refractivity contribution in [2.45, 2.75) is 52.7 Å². The molecule has 0 radical (unpaired) electrons. The lowest BCUT2D eigenvalue weighted by atomic mass is 10.2. The molecule has 0 bridgehead atoms. The highest BCUT2D eigenvalue weighted by molar-refractivity contribution is 4.58. The molecule has 0 aliphatic rings. The summed E-state index contributed by atoms with van der Waals surface area (Å²) in [5, 5.41) is 0. The molecule has 0 atom stereocenters. The van der Waals surface area contributed by atoms with Crippen molar-refractivity contribution < 1.29 is 23.7 Å². The molecule has 21 heavy (non-hydrogen) atoms. The first kappa shape index (κ1) is 20.8. The third-order valence-corrected chi connectivity index (χ3v) is 2.27. The summed E-state index contributed by atoms with van der Waals surface area (Å²) in [6.07, 6.45) is 0. The van der Waals surface area contributed by atoms with Gasteiger partial charge in [0.2, 0.25) is 0 Å². The van der Waals surface area contributed by atoms with Gasteiger partial charge in [-0.3, -0.25) is 0 Å². The van der Waals surface area contributed by atoms with Crippen LogP contribution in [0, 0.1) is 0 Å². The van der Waals surface area contributed by atoms with Gasteiger partial charge in [0, 0.05) is 0 Å². The molecule has 0 N–H and O–H groups in total. The summed E-state index contributed by atoms with van der Waals surface area (Å²) in [4.78, 5) is 0. The summed E-state index contributed by atoms with van der Waals surface area (Å²) in [5.74, 6) is 0. The molecule has 0 aliphatic heterocycles. The van der Waals surface area contributed by atoms with Crippen molar-refractivity contribution in [3.63, 3.8) is 0 Å². The van der Waals surface area contributed by atoms with Crippen LogP contribution in [-0.2, 0) is 23.7 Å². The minimum atomic E-state index is -0.103. The van der Waals surface area contributed by atoms with E-state index in [0.29, 0.717) is 52.9 Å². The Morgan fingerprint density at radius 3 is 0.905 bits per heavy atom. The summed E-state index contributed by atoms with van der Waals surface area (Å²) in [7, 11) is 0. The standard InChI is InChI=1S/C16H34O5/c1-15(2,3)20-13-11-18-9-7-17-8-10-19-12-14-21-16(4,5)6/h7-14H2,1-6H3. The van der Waals surface area contributed by atoms with E-state index in [9.17, 15) is 0 Å². The van der Waals surface area contributed by atoms with Crippen molar-refractivity contribution in [1.29, 1.82) is 0 Å². The van der Waals surface area contributed by atoms with Gasteiger partial charge in [-0.05, 0) is 41.5 Å². The van der Waals surface area contributed by atoms with Gasteiger partial charge < -0.3 is 23.7 Å². The Morgan fingerprint density at radius 1 is 0.429 bits per heavy atom. The lowest BCUT2D eigenvalue weighted by molar-refractivity contribution is -0.0527. The predicted octanol–water partition coefficient (Wildman–Crippen LogP) is 2.67. The molecule has 0 rings (SSSR count). The second-order valence-electron chi connectivity index (χ2n) is 6.76. The minimum absolute atomic E-state index is 0.103. The molecule has 0 spiro atoms. The van der Waals surface area contributed by atoms with E-state index in [1.807, 2.05) is 41.5 Å². The van der Waals surface area contributed by atoms with Crippen LogP contribution in [0.15, 0.2) is 0 Å². The second-order valence-corrected chi connectivity index (χ2v) is 6.76. The molecule has 0 aliphatic carbocycles. The van der Waals surface area contributed by atoms with Crippen molar-refractivity contribution in [2.75, 3.05) is 52.9 Å². The Bertz CT molecular complexity index is 206. The number of hydrogen-bond acceptors (Lipinski definition) is 5. The molecule has 0 saturated heterocycles. The molecule has 0 amide bonds. The van der Waals surface area contributed by atoms with Crippen molar-refractivity contribution in [3.8, 4) is 0 Å². The topological polar surface area (TPSA) is 46.2 Å². The number of hydrogen-bond donors (Lipinski definition) is 0. The lowest BCUT2D eigenvalue weighted by Gasteiger charge is -2.19. The first-order chi connectivity index (χ1) is 9.71. The van der Waals surface area contributed by atoms with Gasteiger partial charge in [-0.25, -0.2) is 0 Å². The fraction of sp³-hybridized carbons (Fsp3) is 1.00. The van der Waals surface area contributed by atoms with Crippen LogP contribution in [0.1, 0.15) is 41.5 Å². The monoisotopic (exact) mass is 306 g/mol. The predicted molar refractivity (Wildman–Crippen MR) is 83.9 cm³/mol. The third kappa shape index (κ3) is 19.8. The van der Waals surface area contributed by atoms with Gasteiger partial charge >= 0.3 is 0 Å². The molecule has 5 heteroatoms. The Kier molecular flexibility index (Phi) is 11.3. The minimum Gasteiger partial charge on any atom is -0.377 e. The van der Waals surface area contributed by atoms with E-state index in [0.717, 1.165) is 0 Å². The second kappa shape index (κ2) is 11.4. The fourth-order valence-electron chi connectivity index (χ4n) is 1.36. The van der Waals surface area contributed by atoms with E-state index in [1.165, 1.54) is 0 Å². The van der Waals surface area contributed by atoms with Gasteiger partial charge in [0.15, 0.2) is 0 Å².